The van der Waals surface area contributed by atoms with Crippen molar-refractivity contribution < 1.29 is 4.74 Å². The third-order valence-corrected chi connectivity index (χ3v) is 4.87. The van der Waals surface area contributed by atoms with Gasteiger partial charge in [-0.15, -0.1) is 0 Å². The van der Waals surface area contributed by atoms with E-state index in [9.17, 15) is 0 Å². The molecule has 5 nitrogen and oxygen atoms in total. The molecule has 1 aliphatic rings. The number of nitrogens with zero attached hydrogens (tertiary/aromatic N) is 3. The van der Waals surface area contributed by atoms with Crippen molar-refractivity contribution in [2.75, 3.05) is 24.0 Å². The number of rotatable bonds is 5. The van der Waals surface area contributed by atoms with Crippen LogP contribution in [0, 0.1) is 6.92 Å². The summed E-state index contributed by atoms with van der Waals surface area (Å²) in [4.78, 5) is 11.9. The Kier molecular flexibility index (Phi) is 4.81. The molecule has 1 aliphatic heterocycles. The van der Waals surface area contributed by atoms with Gasteiger partial charge in [0.15, 0.2) is 11.6 Å². The van der Waals surface area contributed by atoms with E-state index < -0.39 is 0 Å². The number of benzene rings is 1. The van der Waals surface area contributed by atoms with Gasteiger partial charge < -0.3 is 15.0 Å². The van der Waals surface area contributed by atoms with E-state index in [2.05, 4.69) is 24.1 Å². The molecule has 2 heterocycles. The SMILES string of the molecule is CCC(CC)N1CNc2nc(-c3ccc(OC)cc3Cl)c(C)nc21. The molecule has 0 radical (unpaired) electrons. The van der Waals surface area contributed by atoms with Gasteiger partial charge in [0.25, 0.3) is 0 Å². The molecule has 24 heavy (non-hydrogen) atoms. The van der Waals surface area contributed by atoms with Crippen LogP contribution in [-0.2, 0) is 0 Å². The zero-order valence-electron chi connectivity index (χ0n) is 14.6. The number of hydrogen-bond acceptors (Lipinski definition) is 5. The molecule has 0 saturated carbocycles. The highest BCUT2D eigenvalue weighted by Crippen LogP contribution is 2.37. The fourth-order valence-electron chi connectivity index (χ4n) is 3.16. The summed E-state index contributed by atoms with van der Waals surface area (Å²) in [5.74, 6) is 2.50. The van der Waals surface area contributed by atoms with Crippen LogP contribution in [0.4, 0.5) is 11.6 Å². The molecule has 0 atom stereocenters. The van der Waals surface area contributed by atoms with E-state index in [-0.39, 0.29) is 0 Å². The number of hydrogen-bond donors (Lipinski definition) is 1. The molecule has 0 bridgehead atoms. The first-order valence-corrected chi connectivity index (χ1v) is 8.69. The first-order valence-electron chi connectivity index (χ1n) is 8.32. The van der Waals surface area contributed by atoms with E-state index in [1.165, 1.54) is 0 Å². The van der Waals surface area contributed by atoms with Crippen LogP contribution in [0.25, 0.3) is 11.3 Å². The minimum Gasteiger partial charge on any atom is -0.497 e. The van der Waals surface area contributed by atoms with Gasteiger partial charge in [0, 0.05) is 11.6 Å². The number of methoxy groups -OCH3 is 1. The average molecular weight is 347 g/mol. The number of aromatic nitrogens is 2. The van der Waals surface area contributed by atoms with Crippen molar-refractivity contribution in [1.82, 2.24) is 9.97 Å². The molecule has 128 valence electrons. The third-order valence-electron chi connectivity index (χ3n) is 4.56. The highest BCUT2D eigenvalue weighted by atomic mass is 35.5. The van der Waals surface area contributed by atoms with Crippen molar-refractivity contribution in [1.29, 1.82) is 0 Å². The summed E-state index contributed by atoms with van der Waals surface area (Å²) >= 11 is 6.41. The smallest absolute Gasteiger partial charge is 0.173 e. The van der Waals surface area contributed by atoms with Gasteiger partial charge in [-0.25, -0.2) is 9.97 Å². The molecule has 0 fully saturated rings. The van der Waals surface area contributed by atoms with Crippen LogP contribution in [0.1, 0.15) is 32.4 Å². The van der Waals surface area contributed by atoms with Crippen molar-refractivity contribution >= 4 is 23.2 Å². The Balaban J connectivity index is 2.02. The summed E-state index contributed by atoms with van der Waals surface area (Å²) in [6, 6.07) is 6.09. The van der Waals surface area contributed by atoms with Crippen LogP contribution in [0.5, 0.6) is 5.75 Å². The molecular formula is C18H23ClN4O. The lowest BCUT2D eigenvalue weighted by Crippen LogP contribution is -2.34. The minimum absolute atomic E-state index is 0.475. The molecule has 3 rings (SSSR count). The average Bonchev–Trinajstić information content (AvgIpc) is 2.98. The summed E-state index contributed by atoms with van der Waals surface area (Å²) in [6.07, 6.45) is 2.18. The van der Waals surface area contributed by atoms with Gasteiger partial charge in [0.2, 0.25) is 0 Å². The van der Waals surface area contributed by atoms with Gasteiger partial charge in [-0.05, 0) is 38.0 Å². The third kappa shape index (κ3) is 2.88. The number of aryl methyl sites for hydroxylation is 1. The molecule has 2 aromatic rings. The van der Waals surface area contributed by atoms with Crippen LogP contribution in [-0.4, -0.2) is 29.8 Å². The Morgan fingerprint density at radius 1 is 1.29 bits per heavy atom. The topological polar surface area (TPSA) is 50.3 Å². The summed E-state index contributed by atoms with van der Waals surface area (Å²) in [5.41, 5.74) is 2.55. The van der Waals surface area contributed by atoms with E-state index in [0.717, 1.165) is 53.8 Å². The minimum atomic E-state index is 0.475. The second kappa shape index (κ2) is 6.85. The highest BCUT2D eigenvalue weighted by Gasteiger charge is 2.28. The maximum absolute atomic E-state index is 6.41. The van der Waals surface area contributed by atoms with Gasteiger partial charge in [-0.3, -0.25) is 0 Å². The monoisotopic (exact) mass is 346 g/mol. The van der Waals surface area contributed by atoms with E-state index in [1.807, 2.05) is 19.1 Å². The summed E-state index contributed by atoms with van der Waals surface area (Å²) < 4.78 is 5.22. The standard InChI is InChI=1S/C18H23ClN4O/c1-5-12(6-2)23-10-20-17-18(23)21-11(3)16(22-17)14-8-7-13(24-4)9-15(14)19/h7-9,12H,5-6,10H2,1-4H3,(H,20,22). The Hall–Kier alpha value is -2.01. The summed E-state index contributed by atoms with van der Waals surface area (Å²) in [6.45, 7) is 7.14. The van der Waals surface area contributed by atoms with Crippen LogP contribution >= 0.6 is 11.6 Å². The molecule has 1 aromatic carbocycles. The van der Waals surface area contributed by atoms with Crippen LogP contribution in [0.3, 0.4) is 0 Å². The fraction of sp³-hybridized carbons (Fsp3) is 0.444. The number of fused-ring (bicyclic) bond motifs is 1. The molecule has 0 spiro atoms. The van der Waals surface area contributed by atoms with Gasteiger partial charge in [-0.2, -0.15) is 0 Å². The molecule has 0 unspecified atom stereocenters. The van der Waals surface area contributed by atoms with E-state index in [4.69, 9.17) is 26.3 Å². The molecule has 0 aliphatic carbocycles. The normalized spacial score (nSPS) is 13.2. The van der Waals surface area contributed by atoms with Crippen molar-refractivity contribution in [3.63, 3.8) is 0 Å². The highest BCUT2D eigenvalue weighted by molar-refractivity contribution is 6.33. The molecule has 0 amide bonds. The first-order chi connectivity index (χ1) is 11.6. The first kappa shape index (κ1) is 16.8. The van der Waals surface area contributed by atoms with Crippen LogP contribution < -0.4 is 15.0 Å². The summed E-state index contributed by atoms with van der Waals surface area (Å²) in [5, 5.41) is 3.98. The number of ether oxygens (including phenoxy) is 1. The fourth-order valence-corrected chi connectivity index (χ4v) is 3.42. The quantitative estimate of drug-likeness (QED) is 0.864. The van der Waals surface area contributed by atoms with Crippen molar-refractivity contribution in [3.05, 3.63) is 28.9 Å². The lowest BCUT2D eigenvalue weighted by molar-refractivity contribution is 0.415. The Bertz CT molecular complexity index is 746. The van der Waals surface area contributed by atoms with Crippen molar-refractivity contribution in [3.8, 4) is 17.0 Å². The zero-order valence-corrected chi connectivity index (χ0v) is 15.3. The van der Waals surface area contributed by atoms with Crippen LogP contribution in [0.15, 0.2) is 18.2 Å². The summed E-state index contributed by atoms with van der Waals surface area (Å²) in [7, 11) is 1.63. The maximum Gasteiger partial charge on any atom is 0.173 e. The second-order valence-corrected chi connectivity index (χ2v) is 6.36. The maximum atomic E-state index is 6.41. The molecule has 1 N–H and O–H groups in total. The predicted octanol–water partition coefficient (Wildman–Crippen LogP) is 4.49. The number of nitrogens with one attached hydrogen (secondary N) is 1. The molecular weight excluding hydrogens is 324 g/mol. The Morgan fingerprint density at radius 2 is 2.04 bits per heavy atom. The van der Waals surface area contributed by atoms with E-state index in [0.29, 0.717) is 11.1 Å². The largest absolute Gasteiger partial charge is 0.497 e. The molecule has 6 heteroatoms. The van der Waals surface area contributed by atoms with Gasteiger partial charge >= 0.3 is 0 Å². The molecule has 1 aromatic heterocycles. The van der Waals surface area contributed by atoms with E-state index >= 15 is 0 Å². The van der Waals surface area contributed by atoms with Crippen molar-refractivity contribution in [2.24, 2.45) is 0 Å². The Labute approximate surface area is 148 Å². The lowest BCUT2D eigenvalue weighted by atomic mass is 10.1. The van der Waals surface area contributed by atoms with E-state index in [1.54, 1.807) is 13.2 Å². The zero-order chi connectivity index (χ0) is 17.3. The number of halogens is 1. The second-order valence-electron chi connectivity index (χ2n) is 5.95. The number of anilines is 2. The van der Waals surface area contributed by atoms with Crippen LogP contribution in [0.2, 0.25) is 5.02 Å². The van der Waals surface area contributed by atoms with Gasteiger partial charge in [0.1, 0.15) is 5.75 Å². The lowest BCUT2D eigenvalue weighted by Gasteiger charge is -2.26. The predicted molar refractivity (Wildman–Crippen MR) is 99.1 cm³/mol. The van der Waals surface area contributed by atoms with Crippen molar-refractivity contribution in [2.45, 2.75) is 39.7 Å². The Morgan fingerprint density at radius 3 is 2.67 bits per heavy atom. The molecule has 0 saturated heterocycles. The van der Waals surface area contributed by atoms with Gasteiger partial charge in [0.05, 0.1) is 30.2 Å². The van der Waals surface area contributed by atoms with Gasteiger partial charge in [-0.1, -0.05) is 25.4 Å².